The average molecular weight is 168 g/mol. The van der Waals surface area contributed by atoms with E-state index in [0.717, 1.165) is 5.56 Å². The minimum absolute atomic E-state index is 0.115. The van der Waals surface area contributed by atoms with Crippen LogP contribution < -0.4 is 11.5 Å². The normalized spacial score (nSPS) is 15.7. The first kappa shape index (κ1) is 9.16. The molecule has 0 aliphatic rings. The van der Waals surface area contributed by atoms with Gasteiger partial charge in [0.05, 0.1) is 0 Å². The number of rotatable bonds is 2. The second kappa shape index (κ2) is 3.65. The Hall–Kier alpha value is -0.930. The molecule has 1 aromatic rings. The van der Waals surface area contributed by atoms with Crippen molar-refractivity contribution in [1.29, 1.82) is 0 Å². The van der Waals surface area contributed by atoms with Crippen molar-refractivity contribution in [3.05, 3.63) is 35.6 Å². The van der Waals surface area contributed by atoms with E-state index in [1.54, 1.807) is 12.1 Å². The highest BCUT2D eigenvalue weighted by molar-refractivity contribution is 5.20. The van der Waals surface area contributed by atoms with E-state index in [1.807, 2.05) is 6.92 Å². The molecular weight excluding hydrogens is 155 g/mol. The number of hydrogen-bond acceptors (Lipinski definition) is 2. The van der Waals surface area contributed by atoms with E-state index in [0.29, 0.717) is 0 Å². The van der Waals surface area contributed by atoms with Gasteiger partial charge in [-0.1, -0.05) is 12.1 Å². The number of hydrogen-bond donors (Lipinski definition) is 2. The zero-order chi connectivity index (χ0) is 9.14. The highest BCUT2D eigenvalue weighted by Crippen LogP contribution is 2.12. The van der Waals surface area contributed by atoms with Crippen LogP contribution in [0.5, 0.6) is 0 Å². The van der Waals surface area contributed by atoms with Crippen LogP contribution in [0.4, 0.5) is 4.39 Å². The zero-order valence-corrected chi connectivity index (χ0v) is 7.00. The molecule has 0 radical (unpaired) electrons. The third-order valence-corrected chi connectivity index (χ3v) is 1.82. The van der Waals surface area contributed by atoms with Crippen LogP contribution in [-0.2, 0) is 0 Å². The van der Waals surface area contributed by atoms with Crippen LogP contribution in [0, 0.1) is 5.82 Å². The van der Waals surface area contributed by atoms with Gasteiger partial charge >= 0.3 is 0 Å². The molecule has 0 heterocycles. The van der Waals surface area contributed by atoms with Gasteiger partial charge in [-0.3, -0.25) is 0 Å². The molecule has 0 spiro atoms. The van der Waals surface area contributed by atoms with Crippen molar-refractivity contribution in [2.75, 3.05) is 0 Å². The molecule has 2 nitrogen and oxygen atoms in total. The fraction of sp³-hybridized carbons (Fsp3) is 0.333. The lowest BCUT2D eigenvalue weighted by Crippen LogP contribution is -2.30. The van der Waals surface area contributed by atoms with Gasteiger partial charge in [0.25, 0.3) is 0 Å². The van der Waals surface area contributed by atoms with Crippen LogP contribution in [0.1, 0.15) is 18.5 Å². The van der Waals surface area contributed by atoms with Crippen LogP contribution in [-0.4, -0.2) is 6.04 Å². The average Bonchev–Trinajstić information content (AvgIpc) is 2.04. The highest BCUT2D eigenvalue weighted by atomic mass is 19.1. The van der Waals surface area contributed by atoms with E-state index < -0.39 is 0 Å². The lowest BCUT2D eigenvalue weighted by Gasteiger charge is -2.15. The van der Waals surface area contributed by atoms with Crippen LogP contribution in [0.2, 0.25) is 0 Å². The first-order valence-corrected chi connectivity index (χ1v) is 3.88. The summed E-state index contributed by atoms with van der Waals surface area (Å²) in [6, 6.07) is 5.75. The van der Waals surface area contributed by atoms with E-state index in [9.17, 15) is 4.39 Å². The summed E-state index contributed by atoms with van der Waals surface area (Å²) in [5, 5.41) is 0. The molecule has 0 fully saturated rings. The molecule has 0 aliphatic carbocycles. The molecule has 0 unspecified atom stereocenters. The molecule has 0 bridgehead atoms. The maximum atomic E-state index is 12.5. The molecule has 66 valence electrons. The standard InChI is InChI=1S/C9H13FN2/c1-6(11)9(12)7-2-4-8(10)5-3-7/h2-6,9H,11-12H2,1H3/t6-,9+/m0/s1. The Morgan fingerprint density at radius 3 is 2.08 bits per heavy atom. The Morgan fingerprint density at radius 1 is 1.17 bits per heavy atom. The summed E-state index contributed by atoms with van der Waals surface area (Å²) >= 11 is 0. The second-order valence-corrected chi connectivity index (χ2v) is 2.94. The van der Waals surface area contributed by atoms with Crippen molar-refractivity contribution in [2.45, 2.75) is 19.0 Å². The van der Waals surface area contributed by atoms with Gasteiger partial charge in [-0.2, -0.15) is 0 Å². The molecule has 3 heteroatoms. The van der Waals surface area contributed by atoms with Crippen molar-refractivity contribution in [1.82, 2.24) is 0 Å². The third-order valence-electron chi connectivity index (χ3n) is 1.82. The van der Waals surface area contributed by atoms with Crippen molar-refractivity contribution < 1.29 is 4.39 Å². The first-order valence-electron chi connectivity index (χ1n) is 3.88. The molecule has 0 saturated carbocycles. The summed E-state index contributed by atoms with van der Waals surface area (Å²) in [7, 11) is 0. The van der Waals surface area contributed by atoms with Crippen molar-refractivity contribution in [2.24, 2.45) is 11.5 Å². The molecule has 1 aromatic carbocycles. The molecular formula is C9H13FN2. The summed E-state index contributed by atoms with van der Waals surface area (Å²) in [6.07, 6.45) is 0. The van der Waals surface area contributed by atoms with Crippen molar-refractivity contribution in [3.63, 3.8) is 0 Å². The SMILES string of the molecule is C[C@H](N)[C@@H](N)c1ccc(F)cc1. The van der Waals surface area contributed by atoms with Gasteiger partial charge in [-0.05, 0) is 24.6 Å². The maximum Gasteiger partial charge on any atom is 0.123 e. The van der Waals surface area contributed by atoms with Crippen molar-refractivity contribution >= 4 is 0 Å². The minimum Gasteiger partial charge on any atom is -0.326 e. The molecule has 0 aliphatic heterocycles. The topological polar surface area (TPSA) is 52.0 Å². The van der Waals surface area contributed by atoms with Gasteiger partial charge in [0.2, 0.25) is 0 Å². The lowest BCUT2D eigenvalue weighted by atomic mass is 10.0. The van der Waals surface area contributed by atoms with Gasteiger partial charge in [-0.15, -0.1) is 0 Å². The highest BCUT2D eigenvalue weighted by Gasteiger charge is 2.09. The summed E-state index contributed by atoms with van der Waals surface area (Å²) in [5.74, 6) is -0.254. The van der Waals surface area contributed by atoms with Gasteiger partial charge in [-0.25, -0.2) is 4.39 Å². The van der Waals surface area contributed by atoms with Crippen molar-refractivity contribution in [3.8, 4) is 0 Å². The maximum absolute atomic E-state index is 12.5. The second-order valence-electron chi connectivity index (χ2n) is 2.94. The van der Waals surface area contributed by atoms with E-state index in [1.165, 1.54) is 12.1 Å². The summed E-state index contributed by atoms with van der Waals surface area (Å²) in [4.78, 5) is 0. The van der Waals surface area contributed by atoms with Gasteiger partial charge in [0.15, 0.2) is 0 Å². The molecule has 0 aromatic heterocycles. The molecule has 12 heavy (non-hydrogen) atoms. The quantitative estimate of drug-likeness (QED) is 0.696. The molecule has 0 saturated heterocycles. The predicted molar refractivity (Wildman–Crippen MR) is 47.0 cm³/mol. The van der Waals surface area contributed by atoms with Gasteiger partial charge < -0.3 is 11.5 Å². The monoisotopic (exact) mass is 168 g/mol. The van der Waals surface area contributed by atoms with E-state index in [2.05, 4.69) is 0 Å². The molecule has 1 rings (SSSR count). The van der Waals surface area contributed by atoms with Crippen LogP contribution >= 0.6 is 0 Å². The summed E-state index contributed by atoms with van der Waals surface area (Å²) in [5.41, 5.74) is 12.2. The summed E-state index contributed by atoms with van der Waals surface area (Å²) < 4.78 is 12.5. The van der Waals surface area contributed by atoms with E-state index in [-0.39, 0.29) is 17.9 Å². The number of benzene rings is 1. The van der Waals surface area contributed by atoms with Crippen LogP contribution in [0.3, 0.4) is 0 Å². The van der Waals surface area contributed by atoms with E-state index in [4.69, 9.17) is 11.5 Å². The lowest BCUT2D eigenvalue weighted by molar-refractivity contribution is 0.584. The Balaban J connectivity index is 2.82. The number of nitrogens with two attached hydrogens (primary N) is 2. The zero-order valence-electron chi connectivity index (χ0n) is 7.00. The van der Waals surface area contributed by atoms with Crippen LogP contribution in [0.15, 0.2) is 24.3 Å². The fourth-order valence-corrected chi connectivity index (χ4v) is 0.989. The largest absolute Gasteiger partial charge is 0.326 e. The van der Waals surface area contributed by atoms with Crippen LogP contribution in [0.25, 0.3) is 0 Å². The number of halogens is 1. The summed E-state index contributed by atoms with van der Waals surface area (Å²) in [6.45, 7) is 1.83. The fourth-order valence-electron chi connectivity index (χ4n) is 0.989. The van der Waals surface area contributed by atoms with Gasteiger partial charge in [0, 0.05) is 12.1 Å². The van der Waals surface area contributed by atoms with E-state index >= 15 is 0 Å². The van der Waals surface area contributed by atoms with Gasteiger partial charge in [0.1, 0.15) is 5.82 Å². The smallest absolute Gasteiger partial charge is 0.123 e. The molecule has 4 N–H and O–H groups in total. The first-order chi connectivity index (χ1) is 5.61. The Labute approximate surface area is 71.4 Å². The Bertz CT molecular complexity index is 243. The Morgan fingerprint density at radius 2 is 1.67 bits per heavy atom. The minimum atomic E-state index is -0.254. The molecule has 2 atom stereocenters. The predicted octanol–water partition coefficient (Wildman–Crippen LogP) is 1.17. The Kier molecular flexibility index (Phi) is 2.78. The third kappa shape index (κ3) is 2.03. The molecule has 0 amide bonds.